The van der Waals surface area contributed by atoms with Gasteiger partial charge in [0.1, 0.15) is 15.9 Å². The van der Waals surface area contributed by atoms with E-state index in [0.717, 1.165) is 25.9 Å². The molecule has 0 aromatic carbocycles. The number of hydrogen-bond donors (Lipinski definition) is 1. The minimum atomic E-state index is -2.91. The zero-order valence-corrected chi connectivity index (χ0v) is 13.6. The number of sulfone groups is 1. The molecule has 1 aliphatic rings. The molecule has 1 saturated heterocycles. The summed E-state index contributed by atoms with van der Waals surface area (Å²) in [6.07, 6.45) is 2.29. The molecule has 1 rings (SSSR count). The van der Waals surface area contributed by atoms with Crippen LogP contribution in [0.25, 0.3) is 0 Å². The normalized spacial score (nSPS) is 18.8. The van der Waals surface area contributed by atoms with Gasteiger partial charge in [-0.1, -0.05) is 0 Å². The molecule has 1 fully saturated rings. The van der Waals surface area contributed by atoms with E-state index in [0.29, 0.717) is 6.54 Å². The highest BCUT2D eigenvalue weighted by Crippen LogP contribution is 2.14. The maximum absolute atomic E-state index is 11.6. The Morgan fingerprint density at radius 3 is 2.30 bits per heavy atom. The molecule has 1 amide bonds. The number of hydrogen-bond acceptors (Lipinski definition) is 5. The Balaban J connectivity index is 2.27. The highest BCUT2D eigenvalue weighted by atomic mass is 32.2. The monoisotopic (exact) mass is 306 g/mol. The van der Waals surface area contributed by atoms with Crippen LogP contribution in [0.3, 0.4) is 0 Å². The lowest BCUT2D eigenvalue weighted by Crippen LogP contribution is -2.45. The van der Waals surface area contributed by atoms with Gasteiger partial charge in [0.2, 0.25) is 0 Å². The van der Waals surface area contributed by atoms with Crippen molar-refractivity contribution in [2.24, 2.45) is 0 Å². The molecule has 0 aliphatic carbocycles. The number of piperidine rings is 1. The van der Waals surface area contributed by atoms with Crippen molar-refractivity contribution in [3.8, 4) is 0 Å². The third kappa shape index (κ3) is 7.69. The van der Waals surface area contributed by atoms with Crippen molar-refractivity contribution >= 4 is 15.9 Å². The zero-order chi connectivity index (χ0) is 15.4. The number of alkyl carbamates (subject to hydrolysis) is 1. The molecule has 0 bridgehead atoms. The number of rotatable bonds is 4. The summed E-state index contributed by atoms with van der Waals surface area (Å²) in [5, 5.41) is 2.77. The summed E-state index contributed by atoms with van der Waals surface area (Å²) in [4.78, 5) is 13.7. The van der Waals surface area contributed by atoms with Crippen LogP contribution in [0.2, 0.25) is 0 Å². The van der Waals surface area contributed by atoms with Crippen LogP contribution in [0, 0.1) is 0 Å². The number of ether oxygens (including phenoxy) is 1. The topological polar surface area (TPSA) is 75.7 Å². The first-order valence-corrected chi connectivity index (χ1v) is 9.00. The van der Waals surface area contributed by atoms with Crippen LogP contribution in [0.5, 0.6) is 0 Å². The van der Waals surface area contributed by atoms with E-state index in [1.54, 1.807) is 0 Å². The van der Waals surface area contributed by atoms with Crippen molar-refractivity contribution in [2.45, 2.75) is 45.3 Å². The predicted molar refractivity (Wildman–Crippen MR) is 78.5 cm³/mol. The molecular formula is C13H26N2O4S. The second-order valence-corrected chi connectivity index (χ2v) is 8.71. The predicted octanol–water partition coefficient (Wildman–Crippen LogP) is 1.02. The minimum absolute atomic E-state index is 0.0770. The summed E-state index contributed by atoms with van der Waals surface area (Å²) in [5.41, 5.74) is -0.298. The number of nitrogens with one attached hydrogen (secondary N) is 1. The van der Waals surface area contributed by atoms with Gasteiger partial charge in [0.15, 0.2) is 0 Å². The van der Waals surface area contributed by atoms with Gasteiger partial charge in [0.05, 0.1) is 5.75 Å². The summed E-state index contributed by atoms with van der Waals surface area (Å²) in [6.45, 7) is 7.80. The fourth-order valence-corrected chi connectivity index (χ4v) is 2.62. The van der Waals surface area contributed by atoms with Crippen molar-refractivity contribution in [3.05, 3.63) is 0 Å². The standard InChI is InChI=1S/C13H26N2O4S/c1-13(2,3)14-12(16)19-11-5-7-15(8-6-11)9-10-20(4,17)18/h11H,5-10H2,1-4H3,(H,14,16). The van der Waals surface area contributed by atoms with Crippen LogP contribution >= 0.6 is 0 Å². The van der Waals surface area contributed by atoms with E-state index in [4.69, 9.17) is 4.74 Å². The van der Waals surface area contributed by atoms with Gasteiger partial charge in [0.25, 0.3) is 0 Å². The maximum atomic E-state index is 11.6. The molecule has 0 saturated carbocycles. The molecule has 20 heavy (non-hydrogen) atoms. The fraction of sp³-hybridized carbons (Fsp3) is 0.923. The first kappa shape index (κ1) is 17.2. The van der Waals surface area contributed by atoms with E-state index in [2.05, 4.69) is 10.2 Å². The molecule has 1 N–H and O–H groups in total. The molecule has 0 radical (unpaired) electrons. The third-order valence-electron chi connectivity index (χ3n) is 3.06. The van der Waals surface area contributed by atoms with Crippen molar-refractivity contribution < 1.29 is 17.9 Å². The van der Waals surface area contributed by atoms with Crippen molar-refractivity contribution in [1.82, 2.24) is 10.2 Å². The van der Waals surface area contributed by atoms with E-state index in [1.807, 2.05) is 20.8 Å². The average molecular weight is 306 g/mol. The van der Waals surface area contributed by atoms with Gasteiger partial charge < -0.3 is 15.0 Å². The van der Waals surface area contributed by atoms with Gasteiger partial charge in [-0.3, -0.25) is 0 Å². The Kier molecular flexibility index (Phi) is 5.82. The minimum Gasteiger partial charge on any atom is -0.446 e. The summed E-state index contributed by atoms with van der Waals surface area (Å²) >= 11 is 0. The Morgan fingerprint density at radius 1 is 1.30 bits per heavy atom. The summed E-state index contributed by atoms with van der Waals surface area (Å²) in [6, 6.07) is 0. The number of carbonyl (C=O) groups is 1. The SMILES string of the molecule is CC(C)(C)NC(=O)OC1CCN(CCS(C)(=O)=O)CC1. The first-order valence-electron chi connectivity index (χ1n) is 6.94. The molecule has 118 valence electrons. The maximum Gasteiger partial charge on any atom is 0.407 e. The van der Waals surface area contributed by atoms with Gasteiger partial charge in [0, 0.05) is 31.4 Å². The highest BCUT2D eigenvalue weighted by molar-refractivity contribution is 7.90. The van der Waals surface area contributed by atoms with E-state index in [9.17, 15) is 13.2 Å². The Hall–Kier alpha value is -0.820. The number of carbonyl (C=O) groups excluding carboxylic acids is 1. The van der Waals surface area contributed by atoms with Crippen LogP contribution in [-0.4, -0.2) is 62.7 Å². The second kappa shape index (κ2) is 6.76. The van der Waals surface area contributed by atoms with Gasteiger partial charge >= 0.3 is 6.09 Å². The average Bonchev–Trinajstić information content (AvgIpc) is 2.24. The molecule has 1 heterocycles. The van der Waals surface area contributed by atoms with Gasteiger partial charge in [-0.15, -0.1) is 0 Å². The molecule has 1 aliphatic heterocycles. The van der Waals surface area contributed by atoms with Crippen molar-refractivity contribution in [1.29, 1.82) is 0 Å². The molecule has 6 nitrogen and oxygen atoms in total. The molecule has 0 unspecified atom stereocenters. The molecule has 0 aromatic rings. The molecule has 0 aromatic heterocycles. The van der Waals surface area contributed by atoms with E-state index < -0.39 is 9.84 Å². The van der Waals surface area contributed by atoms with Crippen molar-refractivity contribution in [3.63, 3.8) is 0 Å². The lowest BCUT2D eigenvalue weighted by molar-refractivity contribution is 0.0487. The van der Waals surface area contributed by atoms with Gasteiger partial charge in [-0.2, -0.15) is 0 Å². The second-order valence-electron chi connectivity index (χ2n) is 6.45. The van der Waals surface area contributed by atoms with E-state index in [1.165, 1.54) is 6.26 Å². The summed E-state index contributed by atoms with van der Waals surface area (Å²) in [5.74, 6) is 0.184. The first-order chi connectivity index (χ1) is 9.05. The quantitative estimate of drug-likeness (QED) is 0.839. The fourth-order valence-electron chi connectivity index (χ4n) is 2.03. The smallest absolute Gasteiger partial charge is 0.407 e. The number of nitrogens with zero attached hydrogens (tertiary/aromatic N) is 1. The van der Waals surface area contributed by atoms with Crippen molar-refractivity contribution in [2.75, 3.05) is 31.6 Å². The van der Waals surface area contributed by atoms with Crippen LogP contribution in [0.4, 0.5) is 4.79 Å². The lowest BCUT2D eigenvalue weighted by atomic mass is 10.1. The Bertz CT molecular complexity index is 420. The zero-order valence-electron chi connectivity index (χ0n) is 12.8. The lowest BCUT2D eigenvalue weighted by Gasteiger charge is -2.32. The Labute approximate surface area is 121 Å². The van der Waals surface area contributed by atoms with Crippen LogP contribution in [-0.2, 0) is 14.6 Å². The van der Waals surface area contributed by atoms with E-state index >= 15 is 0 Å². The van der Waals surface area contributed by atoms with Crippen LogP contribution in [0.15, 0.2) is 0 Å². The molecule has 0 spiro atoms. The van der Waals surface area contributed by atoms with E-state index in [-0.39, 0.29) is 23.5 Å². The third-order valence-corrected chi connectivity index (χ3v) is 3.99. The summed E-state index contributed by atoms with van der Waals surface area (Å²) in [7, 11) is -2.91. The molecule has 7 heteroatoms. The molecular weight excluding hydrogens is 280 g/mol. The molecule has 0 atom stereocenters. The van der Waals surface area contributed by atoms with Gasteiger partial charge in [-0.25, -0.2) is 13.2 Å². The highest BCUT2D eigenvalue weighted by Gasteiger charge is 2.24. The largest absolute Gasteiger partial charge is 0.446 e. The number of amides is 1. The number of likely N-dealkylation sites (tertiary alicyclic amines) is 1. The Morgan fingerprint density at radius 2 is 1.85 bits per heavy atom. The van der Waals surface area contributed by atoms with Crippen LogP contribution < -0.4 is 5.32 Å². The van der Waals surface area contributed by atoms with Gasteiger partial charge in [-0.05, 0) is 33.6 Å². The van der Waals surface area contributed by atoms with Crippen LogP contribution in [0.1, 0.15) is 33.6 Å². The summed E-state index contributed by atoms with van der Waals surface area (Å²) < 4.78 is 27.6.